The molecule has 0 saturated heterocycles. The van der Waals surface area contributed by atoms with Gasteiger partial charge in [0.25, 0.3) is 0 Å². The fourth-order valence-electron chi connectivity index (χ4n) is 1.21. The van der Waals surface area contributed by atoms with Crippen LogP contribution in [0.2, 0.25) is 0 Å². The van der Waals surface area contributed by atoms with E-state index >= 15 is 0 Å². The summed E-state index contributed by atoms with van der Waals surface area (Å²) in [7, 11) is 5.55. The second-order valence-corrected chi connectivity index (χ2v) is 4.44. The molecule has 1 aromatic heterocycles. The van der Waals surface area contributed by atoms with E-state index in [0.29, 0.717) is 5.66 Å². The lowest BCUT2D eigenvalue weighted by molar-refractivity contribution is 0.959. The maximum atomic E-state index is 4.36. The molecule has 12 heavy (non-hydrogen) atoms. The van der Waals surface area contributed by atoms with Crippen LogP contribution in [0.4, 0.5) is 0 Å². The number of aromatic nitrogens is 1. The van der Waals surface area contributed by atoms with Crippen molar-refractivity contribution in [1.29, 1.82) is 0 Å². The zero-order valence-electron chi connectivity index (χ0n) is 7.33. The third-order valence-electron chi connectivity index (χ3n) is 1.80. The average Bonchev–Trinajstić information content (AvgIpc) is 2.05. The van der Waals surface area contributed by atoms with E-state index in [9.17, 15) is 0 Å². The van der Waals surface area contributed by atoms with Crippen molar-refractivity contribution < 1.29 is 0 Å². The van der Waals surface area contributed by atoms with Gasteiger partial charge < -0.3 is 0 Å². The van der Waals surface area contributed by atoms with Crippen LogP contribution < -0.4 is 0 Å². The Balaban J connectivity index is 2.92. The van der Waals surface area contributed by atoms with Gasteiger partial charge in [-0.1, -0.05) is 13.0 Å². The number of hydrogen-bond donors (Lipinski definition) is 0. The van der Waals surface area contributed by atoms with E-state index in [1.54, 1.807) is 0 Å². The Morgan fingerprint density at radius 1 is 1.58 bits per heavy atom. The molecule has 0 amide bonds. The summed E-state index contributed by atoms with van der Waals surface area (Å²) in [5.41, 5.74) is 3.09. The van der Waals surface area contributed by atoms with E-state index in [0.717, 1.165) is 12.6 Å². The highest BCUT2D eigenvalue weighted by Gasteiger charge is 2.05. The second kappa shape index (κ2) is 4.90. The number of nitrogens with zero attached hydrogens (tertiary/aromatic N) is 1. The Morgan fingerprint density at radius 2 is 2.33 bits per heavy atom. The van der Waals surface area contributed by atoms with Gasteiger partial charge in [-0.25, -0.2) is 0 Å². The Hall–Kier alpha value is 0.01000. The van der Waals surface area contributed by atoms with Gasteiger partial charge >= 0.3 is 0 Å². The molecule has 3 unspecified atom stereocenters. The van der Waals surface area contributed by atoms with Crippen molar-refractivity contribution in [3.05, 3.63) is 29.6 Å². The van der Waals surface area contributed by atoms with Gasteiger partial charge in [0.1, 0.15) is 0 Å². The largest absolute Gasteiger partial charge is 0.261 e. The molecule has 3 atom stereocenters. The Kier molecular flexibility index (Phi) is 4.12. The van der Waals surface area contributed by atoms with Crippen molar-refractivity contribution in [2.45, 2.75) is 19.0 Å². The third kappa shape index (κ3) is 2.51. The fraction of sp³-hybridized carbons (Fsp3) is 0.444. The molecule has 1 heterocycles. The van der Waals surface area contributed by atoms with Crippen molar-refractivity contribution >= 4 is 18.5 Å². The van der Waals surface area contributed by atoms with Crippen molar-refractivity contribution in [3.63, 3.8) is 0 Å². The molecule has 0 radical (unpaired) electrons. The molecule has 1 nitrogen and oxygen atoms in total. The highest BCUT2D eigenvalue weighted by atomic mass is 31.0. The lowest BCUT2D eigenvalue weighted by atomic mass is 10.1. The highest BCUT2D eigenvalue weighted by molar-refractivity contribution is 7.17. The summed E-state index contributed by atoms with van der Waals surface area (Å²) in [6.45, 7) is 2.17. The monoisotopic (exact) mass is 199 g/mol. The Morgan fingerprint density at radius 3 is 2.92 bits per heavy atom. The van der Waals surface area contributed by atoms with Crippen molar-refractivity contribution in [1.82, 2.24) is 4.98 Å². The lowest BCUT2D eigenvalue weighted by Crippen LogP contribution is -1.98. The topological polar surface area (TPSA) is 12.9 Å². The molecule has 0 aliphatic carbocycles. The van der Waals surface area contributed by atoms with Crippen LogP contribution in [-0.2, 0) is 6.42 Å². The van der Waals surface area contributed by atoms with Crippen LogP contribution in [0, 0.1) is 0 Å². The van der Waals surface area contributed by atoms with Gasteiger partial charge in [0.15, 0.2) is 0 Å². The number of hydrogen-bond acceptors (Lipinski definition) is 1. The molecular formula is C9H15NP2. The average molecular weight is 199 g/mol. The minimum Gasteiger partial charge on any atom is -0.261 e. The summed E-state index contributed by atoms with van der Waals surface area (Å²) < 4.78 is 0. The van der Waals surface area contributed by atoms with E-state index in [1.807, 2.05) is 12.3 Å². The van der Waals surface area contributed by atoms with E-state index in [2.05, 4.69) is 36.5 Å². The van der Waals surface area contributed by atoms with Crippen molar-refractivity contribution in [2.24, 2.45) is 0 Å². The first-order valence-corrected chi connectivity index (χ1v) is 5.63. The molecule has 0 saturated carbocycles. The van der Waals surface area contributed by atoms with Crippen molar-refractivity contribution in [2.75, 3.05) is 6.16 Å². The minimum atomic E-state index is 0.505. The maximum absolute atomic E-state index is 4.36. The first kappa shape index (κ1) is 10.1. The molecule has 0 bridgehead atoms. The molecule has 0 aromatic carbocycles. The normalized spacial score (nSPS) is 12.9. The van der Waals surface area contributed by atoms with E-state index < -0.39 is 0 Å². The number of aryl methyl sites for hydroxylation is 1. The molecule has 3 heteroatoms. The van der Waals surface area contributed by atoms with Crippen LogP contribution in [0.1, 0.15) is 23.8 Å². The van der Waals surface area contributed by atoms with E-state index in [-0.39, 0.29) is 0 Å². The zero-order valence-corrected chi connectivity index (χ0v) is 9.63. The van der Waals surface area contributed by atoms with Crippen LogP contribution in [0.25, 0.3) is 0 Å². The van der Waals surface area contributed by atoms with E-state index in [4.69, 9.17) is 0 Å². The first-order valence-electron chi connectivity index (χ1n) is 4.15. The quantitative estimate of drug-likeness (QED) is 0.681. The summed E-state index contributed by atoms with van der Waals surface area (Å²) in [5, 5.41) is 0. The van der Waals surface area contributed by atoms with Crippen LogP contribution in [0.3, 0.4) is 0 Å². The fourth-order valence-corrected chi connectivity index (χ4v) is 1.79. The summed E-state index contributed by atoms with van der Waals surface area (Å²) in [6, 6.07) is 4.16. The van der Waals surface area contributed by atoms with Gasteiger partial charge in [-0.15, -0.1) is 18.5 Å². The predicted octanol–water partition coefficient (Wildman–Crippen LogP) is 2.44. The van der Waals surface area contributed by atoms with Crippen molar-refractivity contribution in [3.8, 4) is 0 Å². The minimum absolute atomic E-state index is 0.505. The van der Waals surface area contributed by atoms with Gasteiger partial charge in [-0.05, 0) is 29.9 Å². The summed E-state index contributed by atoms with van der Waals surface area (Å²) in [6.07, 6.45) is 4.01. The zero-order chi connectivity index (χ0) is 8.97. The summed E-state index contributed by atoms with van der Waals surface area (Å²) in [5.74, 6) is 0. The van der Waals surface area contributed by atoms with Gasteiger partial charge in [0, 0.05) is 11.9 Å². The molecule has 0 spiro atoms. The predicted molar refractivity (Wildman–Crippen MR) is 60.6 cm³/mol. The van der Waals surface area contributed by atoms with Crippen LogP contribution in [-0.4, -0.2) is 11.1 Å². The van der Waals surface area contributed by atoms with Gasteiger partial charge in [0.2, 0.25) is 0 Å². The van der Waals surface area contributed by atoms with Gasteiger partial charge in [0.05, 0.1) is 0 Å². The number of rotatable bonds is 3. The molecule has 0 aliphatic heterocycles. The van der Waals surface area contributed by atoms with Crippen LogP contribution in [0.5, 0.6) is 0 Å². The lowest BCUT2D eigenvalue weighted by Gasteiger charge is -2.09. The number of pyridine rings is 1. The molecule has 0 aliphatic rings. The first-order chi connectivity index (χ1) is 5.75. The van der Waals surface area contributed by atoms with Crippen LogP contribution in [0.15, 0.2) is 18.3 Å². The summed E-state index contributed by atoms with van der Waals surface area (Å²) >= 11 is 0. The molecule has 1 aromatic rings. The van der Waals surface area contributed by atoms with Crippen LogP contribution >= 0.6 is 18.5 Å². The third-order valence-corrected chi connectivity index (χ3v) is 2.44. The molecule has 66 valence electrons. The summed E-state index contributed by atoms with van der Waals surface area (Å²) in [4.78, 5) is 4.36. The highest BCUT2D eigenvalue weighted by Crippen LogP contribution is 2.24. The SMILES string of the molecule is CC(P)c1cccnc1CCP. The molecule has 1 rings (SSSR count). The van der Waals surface area contributed by atoms with E-state index in [1.165, 1.54) is 11.3 Å². The Labute approximate surface area is 78.8 Å². The second-order valence-electron chi connectivity index (χ2n) is 2.87. The van der Waals surface area contributed by atoms with Gasteiger partial charge in [-0.3, -0.25) is 4.98 Å². The molecular weight excluding hydrogens is 184 g/mol. The standard InChI is InChI=1S/C9H15NP2/c1-7(12)8-3-2-5-10-9(8)4-6-11/h2-3,5,7H,4,6,11-12H2,1H3. The maximum Gasteiger partial charge on any atom is 0.0444 e. The molecule has 0 N–H and O–H groups in total. The smallest absolute Gasteiger partial charge is 0.0444 e. The Bertz CT molecular complexity index is 248. The molecule has 0 fully saturated rings. The van der Waals surface area contributed by atoms with Gasteiger partial charge in [-0.2, -0.15) is 0 Å².